The van der Waals surface area contributed by atoms with Gasteiger partial charge in [-0.05, 0) is 37.8 Å². The normalized spacial score (nSPS) is 17.6. The number of hydrogen-bond donors (Lipinski definition) is 2. The summed E-state index contributed by atoms with van der Waals surface area (Å²) in [6.45, 7) is 1.98. The molecule has 1 fully saturated rings. The van der Waals surface area contributed by atoms with E-state index in [1.165, 1.54) is 0 Å². The average molecular weight is 218 g/mol. The number of anilines is 1. The van der Waals surface area contributed by atoms with Crippen molar-refractivity contribution in [2.75, 3.05) is 5.32 Å². The van der Waals surface area contributed by atoms with Crippen LogP contribution in [0.3, 0.4) is 0 Å². The summed E-state index contributed by atoms with van der Waals surface area (Å²) < 4.78 is 0. The number of carbonyl (C=O) groups excluding carboxylic acids is 1. The van der Waals surface area contributed by atoms with Gasteiger partial charge in [0.15, 0.2) is 0 Å². The van der Waals surface area contributed by atoms with Gasteiger partial charge in [-0.3, -0.25) is 4.79 Å². The van der Waals surface area contributed by atoms with Crippen LogP contribution in [0.25, 0.3) is 0 Å². The van der Waals surface area contributed by atoms with Crippen molar-refractivity contribution in [3.63, 3.8) is 0 Å². The van der Waals surface area contributed by atoms with Crippen LogP contribution in [0.5, 0.6) is 0 Å². The van der Waals surface area contributed by atoms with Crippen LogP contribution in [0, 0.1) is 6.92 Å². The highest BCUT2D eigenvalue weighted by Crippen LogP contribution is 2.32. The zero-order valence-corrected chi connectivity index (χ0v) is 9.62. The summed E-state index contributed by atoms with van der Waals surface area (Å²) in [5.74, 6) is 0.0245. The minimum absolute atomic E-state index is 0.0245. The monoisotopic (exact) mass is 218 g/mol. The molecule has 1 aliphatic rings. The Morgan fingerprint density at radius 2 is 2.12 bits per heavy atom. The Kier molecular flexibility index (Phi) is 2.97. The number of nitrogens with one attached hydrogen (secondary N) is 1. The molecule has 2 rings (SSSR count). The lowest BCUT2D eigenvalue weighted by Crippen LogP contribution is -2.48. The van der Waals surface area contributed by atoms with E-state index >= 15 is 0 Å². The maximum atomic E-state index is 11.8. The number of nitrogens with two attached hydrogens (primary N) is 1. The van der Waals surface area contributed by atoms with Crippen LogP contribution in [0.1, 0.15) is 31.2 Å². The Hall–Kier alpha value is -1.35. The van der Waals surface area contributed by atoms with E-state index in [-0.39, 0.29) is 11.4 Å². The molecule has 1 aliphatic carbocycles. The van der Waals surface area contributed by atoms with Crippen LogP contribution < -0.4 is 11.1 Å². The highest BCUT2D eigenvalue weighted by Gasteiger charge is 2.34. The minimum atomic E-state index is -0.243. The number of carbonyl (C=O) groups is 1. The summed E-state index contributed by atoms with van der Waals surface area (Å²) in [4.78, 5) is 11.8. The van der Waals surface area contributed by atoms with Gasteiger partial charge in [0, 0.05) is 17.6 Å². The molecule has 0 unspecified atom stereocenters. The molecular formula is C13H18N2O. The maximum Gasteiger partial charge on any atom is 0.226 e. The molecule has 0 atom stereocenters. The van der Waals surface area contributed by atoms with Crippen molar-refractivity contribution in [1.29, 1.82) is 0 Å². The van der Waals surface area contributed by atoms with Gasteiger partial charge in [0.2, 0.25) is 5.91 Å². The van der Waals surface area contributed by atoms with E-state index in [4.69, 9.17) is 5.73 Å². The molecule has 3 heteroatoms. The lowest BCUT2D eigenvalue weighted by molar-refractivity contribution is -0.118. The molecule has 1 saturated carbocycles. The quantitative estimate of drug-likeness (QED) is 0.817. The molecule has 1 aromatic carbocycles. The second-order valence-corrected chi connectivity index (χ2v) is 4.76. The van der Waals surface area contributed by atoms with Gasteiger partial charge < -0.3 is 11.1 Å². The van der Waals surface area contributed by atoms with E-state index in [2.05, 4.69) is 5.32 Å². The smallest absolute Gasteiger partial charge is 0.226 e. The summed E-state index contributed by atoms with van der Waals surface area (Å²) in [6.07, 6.45) is 3.51. The van der Waals surface area contributed by atoms with Crippen molar-refractivity contribution in [1.82, 2.24) is 0 Å². The van der Waals surface area contributed by atoms with Crippen molar-refractivity contribution in [2.45, 2.75) is 38.1 Å². The van der Waals surface area contributed by atoms with Crippen LogP contribution in [0.2, 0.25) is 0 Å². The average Bonchev–Trinajstić information content (AvgIpc) is 2.19. The number of hydrogen-bond acceptors (Lipinski definition) is 2. The lowest BCUT2D eigenvalue weighted by atomic mass is 9.75. The molecule has 0 aromatic heterocycles. The van der Waals surface area contributed by atoms with Crippen LogP contribution in [-0.2, 0) is 4.79 Å². The van der Waals surface area contributed by atoms with E-state index in [9.17, 15) is 4.79 Å². The molecule has 3 nitrogen and oxygen atoms in total. The first-order valence-corrected chi connectivity index (χ1v) is 5.73. The Balaban J connectivity index is 1.95. The topological polar surface area (TPSA) is 55.1 Å². The minimum Gasteiger partial charge on any atom is -0.326 e. The third kappa shape index (κ3) is 2.42. The van der Waals surface area contributed by atoms with Gasteiger partial charge in [-0.25, -0.2) is 0 Å². The molecular weight excluding hydrogens is 200 g/mol. The number of para-hydroxylation sites is 1. The highest BCUT2D eigenvalue weighted by atomic mass is 16.1. The summed E-state index contributed by atoms with van der Waals surface area (Å²) in [6, 6.07) is 7.78. The van der Waals surface area contributed by atoms with E-state index in [0.29, 0.717) is 6.42 Å². The number of benzene rings is 1. The Labute approximate surface area is 96.0 Å². The summed E-state index contributed by atoms with van der Waals surface area (Å²) in [5, 5.41) is 2.92. The van der Waals surface area contributed by atoms with Gasteiger partial charge in [-0.2, -0.15) is 0 Å². The van der Waals surface area contributed by atoms with Crippen LogP contribution in [0.15, 0.2) is 24.3 Å². The molecule has 0 bridgehead atoms. The first-order chi connectivity index (χ1) is 7.59. The molecule has 3 N–H and O–H groups in total. The highest BCUT2D eigenvalue weighted by molar-refractivity contribution is 5.92. The fourth-order valence-electron chi connectivity index (χ4n) is 2.03. The fourth-order valence-corrected chi connectivity index (χ4v) is 2.03. The first-order valence-electron chi connectivity index (χ1n) is 5.73. The predicted octanol–water partition coefficient (Wildman–Crippen LogP) is 2.21. The molecule has 0 heterocycles. The SMILES string of the molecule is Cc1ccccc1NC(=O)CC1(N)CCC1. The van der Waals surface area contributed by atoms with Crippen molar-refractivity contribution in [3.8, 4) is 0 Å². The third-order valence-corrected chi connectivity index (χ3v) is 3.28. The van der Waals surface area contributed by atoms with E-state index < -0.39 is 0 Å². The Bertz CT molecular complexity index is 397. The molecule has 0 saturated heterocycles. The largest absolute Gasteiger partial charge is 0.326 e. The predicted molar refractivity (Wildman–Crippen MR) is 65.2 cm³/mol. The van der Waals surface area contributed by atoms with Gasteiger partial charge in [0.05, 0.1) is 0 Å². The second-order valence-electron chi connectivity index (χ2n) is 4.76. The lowest BCUT2D eigenvalue weighted by Gasteiger charge is -2.37. The van der Waals surface area contributed by atoms with Crippen LogP contribution >= 0.6 is 0 Å². The van der Waals surface area contributed by atoms with Crippen molar-refractivity contribution in [3.05, 3.63) is 29.8 Å². The Morgan fingerprint density at radius 1 is 1.44 bits per heavy atom. The van der Waals surface area contributed by atoms with Gasteiger partial charge in [0.1, 0.15) is 0 Å². The van der Waals surface area contributed by atoms with E-state index in [1.54, 1.807) is 0 Å². The fraction of sp³-hybridized carbons (Fsp3) is 0.462. The second kappa shape index (κ2) is 4.26. The number of amides is 1. The molecule has 0 radical (unpaired) electrons. The van der Waals surface area contributed by atoms with Crippen molar-refractivity contribution < 1.29 is 4.79 Å². The van der Waals surface area contributed by atoms with Crippen LogP contribution in [-0.4, -0.2) is 11.4 Å². The van der Waals surface area contributed by atoms with E-state index in [0.717, 1.165) is 30.5 Å². The summed E-state index contributed by atoms with van der Waals surface area (Å²) in [5.41, 5.74) is 7.76. The first kappa shape index (κ1) is 11.1. The van der Waals surface area contributed by atoms with Crippen molar-refractivity contribution in [2.24, 2.45) is 5.73 Å². The molecule has 16 heavy (non-hydrogen) atoms. The third-order valence-electron chi connectivity index (χ3n) is 3.28. The molecule has 1 amide bonds. The molecule has 86 valence electrons. The van der Waals surface area contributed by atoms with Crippen molar-refractivity contribution >= 4 is 11.6 Å². The standard InChI is InChI=1S/C13H18N2O/c1-10-5-2-3-6-11(10)15-12(16)9-13(14)7-4-8-13/h2-3,5-6H,4,7-9,14H2,1H3,(H,15,16). The zero-order chi connectivity index (χ0) is 11.6. The molecule has 0 aliphatic heterocycles. The van der Waals surface area contributed by atoms with Gasteiger partial charge in [-0.1, -0.05) is 18.2 Å². The maximum absolute atomic E-state index is 11.8. The van der Waals surface area contributed by atoms with Gasteiger partial charge >= 0.3 is 0 Å². The van der Waals surface area contributed by atoms with E-state index in [1.807, 2.05) is 31.2 Å². The number of aryl methyl sites for hydroxylation is 1. The zero-order valence-electron chi connectivity index (χ0n) is 9.62. The summed E-state index contributed by atoms with van der Waals surface area (Å²) in [7, 11) is 0. The van der Waals surface area contributed by atoms with Crippen LogP contribution in [0.4, 0.5) is 5.69 Å². The van der Waals surface area contributed by atoms with Gasteiger partial charge in [0.25, 0.3) is 0 Å². The number of rotatable bonds is 3. The molecule has 0 spiro atoms. The van der Waals surface area contributed by atoms with Gasteiger partial charge in [-0.15, -0.1) is 0 Å². The summed E-state index contributed by atoms with van der Waals surface area (Å²) >= 11 is 0. The molecule has 1 aromatic rings. The Morgan fingerprint density at radius 3 is 2.69 bits per heavy atom.